The predicted molar refractivity (Wildman–Crippen MR) is 107 cm³/mol. The maximum atomic E-state index is 13.1. The number of ether oxygens (including phenoxy) is 1. The van der Waals surface area contributed by atoms with E-state index in [9.17, 15) is 9.59 Å². The van der Waals surface area contributed by atoms with Crippen molar-refractivity contribution in [1.82, 2.24) is 10.2 Å². The van der Waals surface area contributed by atoms with Crippen LogP contribution in [0.3, 0.4) is 0 Å². The van der Waals surface area contributed by atoms with Crippen LogP contribution in [0.25, 0.3) is 0 Å². The van der Waals surface area contributed by atoms with E-state index >= 15 is 0 Å². The summed E-state index contributed by atoms with van der Waals surface area (Å²) in [6, 6.07) is 10.7. The van der Waals surface area contributed by atoms with Crippen LogP contribution in [0, 0.1) is 0 Å². The second-order valence-electron chi connectivity index (χ2n) is 8.45. The van der Waals surface area contributed by atoms with Gasteiger partial charge in [-0.05, 0) is 51.0 Å². The zero-order valence-electron chi connectivity index (χ0n) is 16.7. The van der Waals surface area contributed by atoms with E-state index in [0.717, 1.165) is 64.6 Å². The van der Waals surface area contributed by atoms with E-state index in [-0.39, 0.29) is 17.9 Å². The molecule has 1 amide bonds. The van der Waals surface area contributed by atoms with E-state index in [1.807, 2.05) is 6.07 Å². The highest BCUT2D eigenvalue weighted by Crippen LogP contribution is 2.43. The highest BCUT2D eigenvalue weighted by molar-refractivity contribution is 6.07. The Morgan fingerprint density at radius 1 is 1.14 bits per heavy atom. The zero-order valence-corrected chi connectivity index (χ0v) is 16.7. The number of esters is 1. The minimum Gasteiger partial charge on any atom is -0.451 e. The van der Waals surface area contributed by atoms with Crippen LogP contribution in [-0.4, -0.2) is 41.5 Å². The lowest BCUT2D eigenvalue weighted by Gasteiger charge is -2.36. The normalized spacial score (nSPS) is 23.1. The molecule has 28 heavy (non-hydrogen) atoms. The van der Waals surface area contributed by atoms with E-state index in [0.29, 0.717) is 11.1 Å². The molecule has 2 fully saturated rings. The first-order valence-corrected chi connectivity index (χ1v) is 10.6. The second kappa shape index (κ2) is 8.08. The second-order valence-corrected chi connectivity index (χ2v) is 8.45. The number of piperidine rings is 1. The summed E-state index contributed by atoms with van der Waals surface area (Å²) in [6.45, 7) is 4.64. The summed E-state index contributed by atoms with van der Waals surface area (Å²) in [6.07, 6.45) is 6.58. The van der Waals surface area contributed by atoms with Gasteiger partial charge in [-0.2, -0.15) is 0 Å². The summed E-state index contributed by atoms with van der Waals surface area (Å²) in [5, 5.41) is 3.21. The molecule has 1 spiro atoms. The first-order valence-electron chi connectivity index (χ1n) is 10.6. The van der Waals surface area contributed by atoms with Crippen LogP contribution in [0.2, 0.25) is 0 Å². The van der Waals surface area contributed by atoms with Gasteiger partial charge < -0.3 is 10.1 Å². The third kappa shape index (κ3) is 3.86. The Labute approximate surface area is 167 Å². The van der Waals surface area contributed by atoms with Crippen molar-refractivity contribution in [3.05, 3.63) is 47.0 Å². The number of rotatable bonds is 4. The molecule has 1 aromatic rings. The predicted octanol–water partition coefficient (Wildman–Crippen LogP) is 3.34. The van der Waals surface area contributed by atoms with Crippen molar-refractivity contribution < 1.29 is 14.3 Å². The lowest BCUT2D eigenvalue weighted by atomic mass is 9.78. The van der Waals surface area contributed by atoms with Crippen LogP contribution < -0.4 is 5.32 Å². The monoisotopic (exact) mass is 382 g/mol. The van der Waals surface area contributed by atoms with Crippen LogP contribution >= 0.6 is 0 Å². The Morgan fingerprint density at radius 3 is 2.50 bits per heavy atom. The van der Waals surface area contributed by atoms with Crippen LogP contribution in [0.1, 0.15) is 57.4 Å². The lowest BCUT2D eigenvalue weighted by molar-refractivity contribution is -0.149. The summed E-state index contributed by atoms with van der Waals surface area (Å²) in [5.41, 5.74) is 1.76. The summed E-state index contributed by atoms with van der Waals surface area (Å²) < 4.78 is 5.73. The van der Waals surface area contributed by atoms with Gasteiger partial charge in [-0.1, -0.05) is 36.8 Å². The quantitative estimate of drug-likeness (QED) is 0.812. The van der Waals surface area contributed by atoms with Crippen LogP contribution in [-0.2, 0) is 20.9 Å². The van der Waals surface area contributed by atoms with Gasteiger partial charge in [-0.3, -0.25) is 9.69 Å². The van der Waals surface area contributed by atoms with Crippen LogP contribution in [0.5, 0.6) is 0 Å². The number of nitrogens with one attached hydrogen (secondary N) is 1. The maximum Gasteiger partial charge on any atom is 0.335 e. The number of hydrogen-bond acceptors (Lipinski definition) is 4. The fourth-order valence-electron chi connectivity index (χ4n) is 4.94. The van der Waals surface area contributed by atoms with E-state index < -0.39 is 5.60 Å². The Balaban J connectivity index is 1.36. The Kier molecular flexibility index (Phi) is 5.54. The Bertz CT molecular complexity index is 757. The molecule has 3 aliphatic rings. The third-order valence-electron chi connectivity index (χ3n) is 6.48. The summed E-state index contributed by atoms with van der Waals surface area (Å²) in [7, 11) is 0. The number of amides is 1. The lowest BCUT2D eigenvalue weighted by Crippen LogP contribution is -2.48. The highest BCUT2D eigenvalue weighted by Gasteiger charge is 2.49. The highest BCUT2D eigenvalue weighted by atomic mass is 16.6. The first-order chi connectivity index (χ1) is 13.6. The van der Waals surface area contributed by atoms with Gasteiger partial charge in [-0.15, -0.1) is 0 Å². The summed E-state index contributed by atoms with van der Waals surface area (Å²) in [4.78, 5) is 27.7. The number of likely N-dealkylation sites (tertiary alicyclic amines) is 1. The fourth-order valence-corrected chi connectivity index (χ4v) is 4.94. The molecule has 0 aromatic heterocycles. The van der Waals surface area contributed by atoms with E-state index in [1.54, 1.807) is 6.92 Å². The molecule has 0 unspecified atom stereocenters. The van der Waals surface area contributed by atoms with Crippen molar-refractivity contribution in [1.29, 1.82) is 0 Å². The van der Waals surface area contributed by atoms with Gasteiger partial charge in [0.05, 0.1) is 5.57 Å². The maximum absolute atomic E-state index is 13.1. The number of carbonyl (C=O) groups is 2. The third-order valence-corrected chi connectivity index (χ3v) is 6.48. The standard InChI is InChI=1S/C23H30N2O3/c1-17-20(23(28-22(17)27)12-6-3-7-13-23)21(26)24-19-10-14-25(15-11-19)16-18-8-4-2-5-9-18/h2,4-5,8-9,19H,3,6-7,10-16H2,1H3,(H,24,26). The van der Waals surface area contributed by atoms with Crippen molar-refractivity contribution >= 4 is 11.9 Å². The smallest absolute Gasteiger partial charge is 0.335 e. The molecule has 0 radical (unpaired) electrons. The molecule has 5 heteroatoms. The van der Waals surface area contributed by atoms with Gasteiger partial charge in [0.15, 0.2) is 0 Å². The number of carbonyl (C=O) groups excluding carboxylic acids is 2. The average molecular weight is 383 g/mol. The number of nitrogens with zero attached hydrogens (tertiary/aromatic N) is 1. The van der Waals surface area contributed by atoms with Crippen LogP contribution in [0.15, 0.2) is 41.5 Å². The van der Waals surface area contributed by atoms with Gasteiger partial charge in [0.25, 0.3) is 5.91 Å². The van der Waals surface area contributed by atoms with Gasteiger partial charge in [0, 0.05) is 31.2 Å². The minimum absolute atomic E-state index is 0.0910. The van der Waals surface area contributed by atoms with Crippen molar-refractivity contribution in [3.8, 4) is 0 Å². The SMILES string of the molecule is CC1=C(C(=O)NC2CCN(Cc3ccccc3)CC2)C2(CCCCC2)OC1=O. The van der Waals surface area contributed by atoms with E-state index in [1.165, 1.54) is 5.56 Å². The number of benzene rings is 1. The van der Waals surface area contributed by atoms with Gasteiger partial charge in [-0.25, -0.2) is 4.79 Å². The van der Waals surface area contributed by atoms with Crippen molar-refractivity contribution in [2.24, 2.45) is 0 Å². The van der Waals surface area contributed by atoms with Crippen molar-refractivity contribution in [2.45, 2.75) is 70.1 Å². The average Bonchev–Trinajstić information content (AvgIpc) is 2.94. The molecule has 1 aromatic carbocycles. The summed E-state index contributed by atoms with van der Waals surface area (Å²) in [5.74, 6) is -0.406. The Morgan fingerprint density at radius 2 is 1.82 bits per heavy atom. The molecule has 2 aliphatic heterocycles. The molecule has 0 bridgehead atoms. The largest absolute Gasteiger partial charge is 0.451 e. The molecule has 4 rings (SSSR count). The molecule has 5 nitrogen and oxygen atoms in total. The topological polar surface area (TPSA) is 58.6 Å². The van der Waals surface area contributed by atoms with E-state index in [4.69, 9.17) is 4.74 Å². The molecule has 150 valence electrons. The van der Waals surface area contributed by atoms with Gasteiger partial charge in [0.1, 0.15) is 5.60 Å². The Hall–Kier alpha value is -2.14. The molecule has 1 aliphatic carbocycles. The summed E-state index contributed by atoms with van der Waals surface area (Å²) >= 11 is 0. The number of hydrogen-bond donors (Lipinski definition) is 1. The fraction of sp³-hybridized carbons (Fsp3) is 0.565. The molecule has 1 N–H and O–H groups in total. The van der Waals surface area contributed by atoms with Crippen LogP contribution in [0.4, 0.5) is 0 Å². The molecular formula is C23H30N2O3. The molecule has 1 saturated heterocycles. The van der Waals surface area contributed by atoms with Gasteiger partial charge in [0.2, 0.25) is 0 Å². The van der Waals surface area contributed by atoms with E-state index in [2.05, 4.69) is 34.5 Å². The molecule has 0 atom stereocenters. The molecule has 2 heterocycles. The van der Waals surface area contributed by atoms with Gasteiger partial charge >= 0.3 is 5.97 Å². The van der Waals surface area contributed by atoms with Crippen molar-refractivity contribution in [3.63, 3.8) is 0 Å². The zero-order chi connectivity index (χ0) is 19.6. The minimum atomic E-state index is -0.669. The molecule has 1 saturated carbocycles. The molecular weight excluding hydrogens is 352 g/mol. The van der Waals surface area contributed by atoms with Crippen molar-refractivity contribution in [2.75, 3.05) is 13.1 Å². The first kappa shape index (κ1) is 19.2.